The zero-order valence-electron chi connectivity index (χ0n) is 17.6. The van der Waals surface area contributed by atoms with Crippen molar-refractivity contribution in [1.82, 2.24) is 0 Å². The van der Waals surface area contributed by atoms with Gasteiger partial charge in [-0.05, 0) is 6.07 Å². The normalized spacial score (nSPS) is 9.27. The number of nitrogens with zero attached hydrogens (tertiary/aromatic N) is 1. The molecule has 0 atom stereocenters. The monoisotopic (exact) mass is 536 g/mol. The van der Waals surface area contributed by atoms with Crippen molar-refractivity contribution in [3.05, 3.63) is 110 Å². The van der Waals surface area contributed by atoms with E-state index in [1.807, 2.05) is 42.5 Å². The molecule has 0 amide bonds. The van der Waals surface area contributed by atoms with Crippen molar-refractivity contribution in [3.8, 4) is 33.5 Å². The maximum atomic E-state index is 3.59. The van der Waals surface area contributed by atoms with E-state index in [2.05, 4.69) is 73.3 Å². The van der Waals surface area contributed by atoms with Gasteiger partial charge < -0.3 is 19.1 Å². The predicted octanol–water partition coefficient (Wildman–Crippen LogP) is 5.09. The van der Waals surface area contributed by atoms with Crippen LogP contribution < -0.4 is 4.57 Å². The van der Waals surface area contributed by atoms with Crippen molar-refractivity contribution in [3.63, 3.8) is 0 Å². The SMILES string of the molecule is Cc1ccc(-c2[c-]c(-c3[c-]cccc3)[c-]cc2)[c-]c1-c1cccc[n+]1C.[B].[CH3-].[Y+3].[Y]. The fourth-order valence-electron chi connectivity index (χ4n) is 3.04. The summed E-state index contributed by atoms with van der Waals surface area (Å²) in [7, 11) is 2.06. The van der Waals surface area contributed by atoms with E-state index in [1.165, 1.54) is 5.56 Å². The summed E-state index contributed by atoms with van der Waals surface area (Å²) < 4.78 is 2.12. The van der Waals surface area contributed by atoms with Gasteiger partial charge in [0.2, 0.25) is 0 Å². The molecule has 0 N–H and O–H groups in total. The molecule has 4 aromatic rings. The van der Waals surface area contributed by atoms with E-state index in [0.717, 1.165) is 33.5 Å². The van der Waals surface area contributed by atoms with E-state index in [-0.39, 0.29) is 81.3 Å². The van der Waals surface area contributed by atoms with Crippen LogP contribution in [0.2, 0.25) is 0 Å². The molecule has 0 aliphatic carbocycles. The fraction of sp³-hybridized carbons (Fsp3) is 0.0769. The standard InChI is InChI=1S/C25H18N.CH3.B.2Y/c1-19-14-15-23(18-24(19)25-13-6-7-16-26(25)2)22-12-8-11-21(17-22)20-9-4-3-5-10-20;;;;/h3-9,12-16H,1-2H3;1H3;;;/q-3;-1;;;+3. The minimum atomic E-state index is 0. The molecule has 0 spiro atoms. The Bertz CT molecular complexity index is 1070. The van der Waals surface area contributed by atoms with Crippen LogP contribution in [0.15, 0.2) is 72.9 Å². The molecule has 0 saturated heterocycles. The smallest absolute Gasteiger partial charge is 0.358 e. The third-order valence-electron chi connectivity index (χ3n) is 4.47. The molecule has 0 unspecified atom stereocenters. The Morgan fingerprint density at radius 2 is 1.50 bits per heavy atom. The number of aryl methyl sites for hydroxylation is 2. The topological polar surface area (TPSA) is 3.88 Å². The summed E-state index contributed by atoms with van der Waals surface area (Å²) >= 11 is 0. The third kappa shape index (κ3) is 6.54. The molecule has 1 nitrogen and oxygen atoms in total. The zero-order chi connectivity index (χ0) is 17.9. The van der Waals surface area contributed by atoms with Crippen LogP contribution in [0.5, 0.6) is 0 Å². The van der Waals surface area contributed by atoms with Crippen LogP contribution in [-0.4, -0.2) is 8.41 Å². The van der Waals surface area contributed by atoms with Crippen molar-refractivity contribution >= 4 is 8.41 Å². The van der Waals surface area contributed by atoms with Crippen molar-refractivity contribution in [2.45, 2.75) is 6.92 Å². The molecular weight excluding hydrogens is 515 g/mol. The van der Waals surface area contributed by atoms with E-state index < -0.39 is 0 Å². The summed E-state index contributed by atoms with van der Waals surface area (Å²) in [5.41, 5.74) is 7.41. The average Bonchev–Trinajstić information content (AvgIpc) is 2.70. The first-order valence-electron chi connectivity index (χ1n) is 8.62. The van der Waals surface area contributed by atoms with Crippen LogP contribution in [0.1, 0.15) is 5.56 Å². The molecule has 0 aliphatic rings. The average molecular weight is 536 g/mol. The molecule has 4 rings (SSSR count). The van der Waals surface area contributed by atoms with Gasteiger partial charge in [-0.1, -0.05) is 18.6 Å². The van der Waals surface area contributed by atoms with E-state index >= 15 is 0 Å². The van der Waals surface area contributed by atoms with Crippen LogP contribution in [0.4, 0.5) is 0 Å². The van der Waals surface area contributed by atoms with Crippen LogP contribution in [0.25, 0.3) is 33.5 Å². The number of aromatic nitrogens is 1. The van der Waals surface area contributed by atoms with Gasteiger partial charge in [0.25, 0.3) is 0 Å². The molecule has 4 heteroatoms. The van der Waals surface area contributed by atoms with Gasteiger partial charge in [0.1, 0.15) is 12.7 Å². The van der Waals surface area contributed by atoms with Gasteiger partial charge in [-0.15, -0.1) is 17.7 Å². The molecule has 3 aromatic carbocycles. The largest absolute Gasteiger partial charge is 3.00 e. The number of hydrogen-bond acceptors (Lipinski definition) is 0. The number of pyridine rings is 1. The first-order valence-corrected chi connectivity index (χ1v) is 8.62. The molecule has 4 radical (unpaired) electrons. The van der Waals surface area contributed by atoms with E-state index in [1.54, 1.807) is 0 Å². The second-order valence-corrected chi connectivity index (χ2v) is 6.29. The van der Waals surface area contributed by atoms with Gasteiger partial charge in [0, 0.05) is 47.2 Å². The van der Waals surface area contributed by atoms with Crippen LogP contribution in [0, 0.1) is 38.6 Å². The number of hydrogen-bond donors (Lipinski definition) is 0. The van der Waals surface area contributed by atoms with Crippen molar-refractivity contribution in [2.75, 3.05) is 0 Å². The minimum absolute atomic E-state index is 0. The summed E-state index contributed by atoms with van der Waals surface area (Å²) in [5, 5.41) is 0. The van der Waals surface area contributed by atoms with Crippen molar-refractivity contribution in [1.29, 1.82) is 0 Å². The van der Waals surface area contributed by atoms with Crippen molar-refractivity contribution in [2.24, 2.45) is 7.05 Å². The molecule has 1 heterocycles. The Kier molecular flexibility index (Phi) is 13.1. The Balaban J connectivity index is 0.00000210. The Morgan fingerprint density at radius 1 is 0.767 bits per heavy atom. The second-order valence-electron chi connectivity index (χ2n) is 6.29. The summed E-state index contributed by atoms with van der Waals surface area (Å²) in [6.45, 7) is 2.12. The Labute approximate surface area is 233 Å². The quantitative estimate of drug-likeness (QED) is 0.196. The minimum Gasteiger partial charge on any atom is -0.358 e. The van der Waals surface area contributed by atoms with Crippen molar-refractivity contribution < 1.29 is 70.0 Å². The van der Waals surface area contributed by atoms with Crippen LogP contribution in [0.3, 0.4) is 0 Å². The van der Waals surface area contributed by atoms with Gasteiger partial charge in [-0.3, -0.25) is 22.8 Å². The first kappa shape index (κ1) is 29.1. The van der Waals surface area contributed by atoms with E-state index in [0.29, 0.717) is 0 Å². The van der Waals surface area contributed by atoms with Gasteiger partial charge in [-0.25, -0.2) is 28.8 Å². The summed E-state index contributed by atoms with van der Waals surface area (Å²) in [6.07, 6.45) is 2.06. The van der Waals surface area contributed by atoms with Crippen LogP contribution in [-0.2, 0) is 72.5 Å². The number of benzene rings is 3. The molecule has 0 aliphatic heterocycles. The maximum Gasteiger partial charge on any atom is 3.00 e. The fourth-order valence-corrected chi connectivity index (χ4v) is 3.04. The Morgan fingerprint density at radius 3 is 2.20 bits per heavy atom. The second kappa shape index (κ2) is 13.5. The van der Waals surface area contributed by atoms with Crippen LogP contribution >= 0.6 is 0 Å². The predicted molar refractivity (Wildman–Crippen MR) is 116 cm³/mol. The number of rotatable bonds is 3. The summed E-state index contributed by atoms with van der Waals surface area (Å²) in [4.78, 5) is 0. The summed E-state index contributed by atoms with van der Waals surface area (Å²) in [6, 6.07) is 35.9. The molecular formula is C26H21BNY2-. The molecule has 0 saturated carbocycles. The Hall–Kier alpha value is -0.917. The molecule has 140 valence electrons. The molecule has 0 fully saturated rings. The zero-order valence-corrected chi connectivity index (χ0v) is 23.3. The van der Waals surface area contributed by atoms with Gasteiger partial charge in [0.15, 0.2) is 6.20 Å². The molecule has 1 aromatic heterocycles. The van der Waals surface area contributed by atoms with Gasteiger partial charge in [-0.2, -0.15) is 24.3 Å². The summed E-state index contributed by atoms with van der Waals surface area (Å²) in [5.74, 6) is 0. The van der Waals surface area contributed by atoms with Gasteiger partial charge >= 0.3 is 32.7 Å². The third-order valence-corrected chi connectivity index (χ3v) is 4.47. The maximum absolute atomic E-state index is 3.59. The molecule has 30 heavy (non-hydrogen) atoms. The van der Waals surface area contributed by atoms with E-state index in [4.69, 9.17) is 0 Å². The van der Waals surface area contributed by atoms with Gasteiger partial charge in [0.05, 0.1) is 0 Å². The molecule has 0 bridgehead atoms. The van der Waals surface area contributed by atoms with E-state index in [9.17, 15) is 0 Å². The first-order chi connectivity index (χ1) is 12.7.